The third kappa shape index (κ3) is 1.99. The molecular formula is C14H15NO3. The third-order valence-corrected chi connectivity index (χ3v) is 3.25. The summed E-state index contributed by atoms with van der Waals surface area (Å²) in [5.74, 6) is 2.34. The van der Waals surface area contributed by atoms with Crippen molar-refractivity contribution in [2.75, 3.05) is 7.11 Å². The van der Waals surface area contributed by atoms with Crippen molar-refractivity contribution in [1.82, 2.24) is 4.98 Å². The highest BCUT2D eigenvalue weighted by Gasteiger charge is 2.22. The highest BCUT2D eigenvalue weighted by molar-refractivity contribution is 5.55. The van der Waals surface area contributed by atoms with Crippen LogP contribution in [0.3, 0.4) is 0 Å². The van der Waals surface area contributed by atoms with E-state index >= 15 is 0 Å². The second-order valence-electron chi connectivity index (χ2n) is 4.51. The molecule has 1 aliphatic carbocycles. The van der Waals surface area contributed by atoms with Crippen LogP contribution in [0.2, 0.25) is 0 Å². The molecule has 0 saturated carbocycles. The van der Waals surface area contributed by atoms with Gasteiger partial charge in [-0.05, 0) is 30.7 Å². The Bertz CT molecular complexity index is 545. The van der Waals surface area contributed by atoms with Gasteiger partial charge in [-0.1, -0.05) is 0 Å². The number of methoxy groups -OCH3 is 1. The van der Waals surface area contributed by atoms with Crippen LogP contribution in [0.5, 0.6) is 5.75 Å². The number of nitrogens with zero attached hydrogens (tertiary/aromatic N) is 1. The van der Waals surface area contributed by atoms with E-state index < -0.39 is 0 Å². The predicted octanol–water partition coefficient (Wildman–Crippen LogP) is 2.20. The molecule has 1 aliphatic rings. The molecular weight excluding hydrogens is 230 g/mol. The molecule has 1 unspecified atom stereocenters. The number of aliphatic hydroxyl groups excluding tert-OH is 1. The van der Waals surface area contributed by atoms with Crippen LogP contribution in [0, 0.1) is 0 Å². The molecule has 0 fully saturated rings. The van der Waals surface area contributed by atoms with Crippen molar-refractivity contribution in [1.29, 1.82) is 0 Å². The first-order valence-electron chi connectivity index (χ1n) is 6.07. The molecule has 2 aromatic rings. The summed E-state index contributed by atoms with van der Waals surface area (Å²) in [7, 11) is 1.64. The van der Waals surface area contributed by atoms with E-state index in [2.05, 4.69) is 4.98 Å². The predicted molar refractivity (Wildman–Crippen MR) is 66.5 cm³/mol. The highest BCUT2D eigenvalue weighted by Crippen LogP contribution is 2.28. The van der Waals surface area contributed by atoms with Gasteiger partial charge in [-0.25, -0.2) is 4.98 Å². The van der Waals surface area contributed by atoms with Crippen LogP contribution in [0.4, 0.5) is 0 Å². The lowest BCUT2D eigenvalue weighted by atomic mass is 9.99. The van der Waals surface area contributed by atoms with Gasteiger partial charge in [-0.3, -0.25) is 0 Å². The fourth-order valence-electron chi connectivity index (χ4n) is 2.22. The molecule has 0 saturated heterocycles. The molecule has 1 N–H and O–H groups in total. The number of oxazole rings is 1. The highest BCUT2D eigenvalue weighted by atomic mass is 16.5. The van der Waals surface area contributed by atoms with E-state index in [0.29, 0.717) is 12.3 Å². The Labute approximate surface area is 105 Å². The second-order valence-corrected chi connectivity index (χ2v) is 4.51. The maximum absolute atomic E-state index is 9.61. The molecule has 0 radical (unpaired) electrons. The molecule has 1 aromatic carbocycles. The van der Waals surface area contributed by atoms with Gasteiger partial charge in [0.2, 0.25) is 5.89 Å². The van der Waals surface area contributed by atoms with Gasteiger partial charge in [0.25, 0.3) is 0 Å². The van der Waals surface area contributed by atoms with Crippen molar-refractivity contribution >= 4 is 0 Å². The van der Waals surface area contributed by atoms with Crippen LogP contribution in [0.1, 0.15) is 17.9 Å². The molecule has 3 rings (SSSR count). The maximum Gasteiger partial charge on any atom is 0.226 e. The SMILES string of the molecule is COc1ccc(-c2nc3c(o2)CCC(O)C3)cc1. The van der Waals surface area contributed by atoms with Gasteiger partial charge in [0, 0.05) is 18.4 Å². The van der Waals surface area contributed by atoms with E-state index in [1.54, 1.807) is 7.11 Å². The standard InChI is InChI=1S/C14H15NO3/c1-17-11-5-2-9(3-6-11)14-15-12-8-10(16)4-7-13(12)18-14/h2-3,5-6,10,16H,4,7-8H2,1H3. The van der Waals surface area contributed by atoms with Crippen molar-refractivity contribution in [2.24, 2.45) is 0 Å². The molecule has 1 atom stereocenters. The Kier molecular flexibility index (Phi) is 2.80. The maximum atomic E-state index is 9.61. The number of ether oxygens (including phenoxy) is 1. The summed E-state index contributed by atoms with van der Waals surface area (Å²) in [6, 6.07) is 7.61. The van der Waals surface area contributed by atoms with E-state index in [1.165, 1.54) is 0 Å². The van der Waals surface area contributed by atoms with Crippen LogP contribution >= 0.6 is 0 Å². The molecule has 1 aromatic heterocycles. The lowest BCUT2D eigenvalue weighted by Gasteiger charge is -2.13. The number of aliphatic hydroxyl groups is 1. The first-order valence-corrected chi connectivity index (χ1v) is 6.07. The van der Waals surface area contributed by atoms with Crippen LogP contribution in [0.25, 0.3) is 11.5 Å². The Balaban J connectivity index is 1.92. The summed E-state index contributed by atoms with van der Waals surface area (Å²) >= 11 is 0. The number of hydrogen-bond acceptors (Lipinski definition) is 4. The lowest BCUT2D eigenvalue weighted by Crippen LogP contribution is -2.17. The summed E-state index contributed by atoms with van der Waals surface area (Å²) in [4.78, 5) is 4.46. The second kappa shape index (κ2) is 4.46. The van der Waals surface area contributed by atoms with E-state index in [4.69, 9.17) is 9.15 Å². The van der Waals surface area contributed by atoms with E-state index in [9.17, 15) is 5.11 Å². The van der Waals surface area contributed by atoms with E-state index in [0.717, 1.165) is 35.6 Å². The summed E-state index contributed by atoms with van der Waals surface area (Å²) < 4.78 is 10.9. The van der Waals surface area contributed by atoms with Gasteiger partial charge in [-0.2, -0.15) is 0 Å². The van der Waals surface area contributed by atoms with E-state index in [1.807, 2.05) is 24.3 Å². The number of benzene rings is 1. The molecule has 0 amide bonds. The van der Waals surface area contributed by atoms with Gasteiger partial charge in [0.15, 0.2) is 0 Å². The molecule has 1 heterocycles. The van der Waals surface area contributed by atoms with Crippen LogP contribution < -0.4 is 4.74 Å². The fourth-order valence-corrected chi connectivity index (χ4v) is 2.22. The van der Waals surface area contributed by atoms with Gasteiger partial charge < -0.3 is 14.3 Å². The summed E-state index contributed by atoms with van der Waals surface area (Å²) in [6.45, 7) is 0. The number of hydrogen-bond donors (Lipinski definition) is 1. The minimum atomic E-state index is -0.286. The summed E-state index contributed by atoms with van der Waals surface area (Å²) in [5.41, 5.74) is 1.82. The zero-order chi connectivity index (χ0) is 12.5. The van der Waals surface area contributed by atoms with Gasteiger partial charge in [-0.15, -0.1) is 0 Å². The zero-order valence-corrected chi connectivity index (χ0v) is 10.2. The molecule has 0 aliphatic heterocycles. The number of aryl methyl sites for hydroxylation is 1. The molecule has 94 valence electrons. The van der Waals surface area contributed by atoms with Crippen molar-refractivity contribution in [2.45, 2.75) is 25.4 Å². The monoisotopic (exact) mass is 245 g/mol. The Morgan fingerprint density at radius 1 is 1.33 bits per heavy atom. The van der Waals surface area contributed by atoms with Crippen LogP contribution in [-0.4, -0.2) is 23.3 Å². The third-order valence-electron chi connectivity index (χ3n) is 3.25. The van der Waals surface area contributed by atoms with E-state index in [-0.39, 0.29) is 6.10 Å². The quantitative estimate of drug-likeness (QED) is 0.881. The average Bonchev–Trinajstić information content (AvgIpc) is 2.81. The molecule has 4 heteroatoms. The molecule has 0 spiro atoms. The summed E-state index contributed by atoms with van der Waals surface area (Å²) in [5, 5.41) is 9.61. The summed E-state index contributed by atoms with van der Waals surface area (Å²) in [6.07, 6.45) is 1.82. The van der Waals surface area contributed by atoms with Gasteiger partial charge >= 0.3 is 0 Å². The van der Waals surface area contributed by atoms with Crippen molar-refractivity contribution < 1.29 is 14.3 Å². The normalized spacial score (nSPS) is 18.4. The van der Waals surface area contributed by atoms with Crippen LogP contribution in [0.15, 0.2) is 28.7 Å². The number of fused-ring (bicyclic) bond motifs is 1. The average molecular weight is 245 g/mol. The molecule has 0 bridgehead atoms. The Morgan fingerprint density at radius 3 is 2.83 bits per heavy atom. The van der Waals surface area contributed by atoms with Crippen molar-refractivity contribution in [3.05, 3.63) is 35.7 Å². The fraction of sp³-hybridized carbons (Fsp3) is 0.357. The smallest absolute Gasteiger partial charge is 0.226 e. The Morgan fingerprint density at radius 2 is 2.11 bits per heavy atom. The van der Waals surface area contributed by atoms with Crippen LogP contribution in [-0.2, 0) is 12.8 Å². The largest absolute Gasteiger partial charge is 0.497 e. The van der Waals surface area contributed by atoms with Gasteiger partial charge in [0.05, 0.1) is 18.9 Å². The van der Waals surface area contributed by atoms with Crippen molar-refractivity contribution in [3.8, 4) is 17.2 Å². The first-order chi connectivity index (χ1) is 8.76. The minimum absolute atomic E-state index is 0.286. The number of aromatic nitrogens is 1. The van der Waals surface area contributed by atoms with Crippen molar-refractivity contribution in [3.63, 3.8) is 0 Å². The molecule has 18 heavy (non-hydrogen) atoms. The topological polar surface area (TPSA) is 55.5 Å². The number of rotatable bonds is 2. The van der Waals surface area contributed by atoms with Gasteiger partial charge in [0.1, 0.15) is 11.5 Å². The first kappa shape index (κ1) is 11.3. The lowest BCUT2D eigenvalue weighted by molar-refractivity contribution is 0.153. The molecule has 4 nitrogen and oxygen atoms in total. The Hall–Kier alpha value is -1.81. The zero-order valence-electron chi connectivity index (χ0n) is 10.2. The minimum Gasteiger partial charge on any atom is -0.497 e.